The first kappa shape index (κ1) is 29.4. The third-order valence-electron chi connectivity index (χ3n) is 4.55. The number of nitrogens with one attached hydrogen (secondary N) is 2. The molecule has 0 aliphatic carbocycles. The highest BCUT2D eigenvalue weighted by atomic mass is 32.1. The highest BCUT2D eigenvalue weighted by Crippen LogP contribution is 2.32. The van der Waals surface area contributed by atoms with Gasteiger partial charge in [0.1, 0.15) is 17.7 Å². The molecule has 0 radical (unpaired) electrons. The van der Waals surface area contributed by atoms with E-state index in [1.165, 1.54) is 4.90 Å². The van der Waals surface area contributed by atoms with Gasteiger partial charge in [0.15, 0.2) is 0 Å². The van der Waals surface area contributed by atoms with E-state index in [1.807, 2.05) is 41.5 Å². The Bertz CT molecular complexity index is 933. The number of terminal acetylenes is 1. The Hall–Kier alpha value is -2.66. The molecule has 0 bridgehead atoms. The van der Waals surface area contributed by atoms with Gasteiger partial charge < -0.3 is 20.3 Å². The minimum absolute atomic E-state index is 0.00898. The van der Waals surface area contributed by atoms with Crippen molar-refractivity contribution in [3.05, 3.63) is 35.4 Å². The number of hydrogen-bond donors (Lipinski definition) is 3. The Morgan fingerprint density at radius 1 is 1.06 bits per heavy atom. The van der Waals surface area contributed by atoms with Gasteiger partial charge in [-0.25, -0.2) is 4.79 Å². The first-order chi connectivity index (χ1) is 15.4. The lowest BCUT2D eigenvalue weighted by molar-refractivity contribution is -0.148. The fourth-order valence-corrected chi connectivity index (χ4v) is 3.60. The fourth-order valence-electron chi connectivity index (χ4n) is 3.35. The van der Waals surface area contributed by atoms with Crippen LogP contribution in [0.25, 0.3) is 0 Å². The lowest BCUT2D eigenvalue weighted by Crippen LogP contribution is -2.60. The molecular formula is C26H39N3O4S. The first-order valence-corrected chi connectivity index (χ1v) is 11.9. The monoisotopic (exact) mass is 489 g/mol. The van der Waals surface area contributed by atoms with E-state index in [0.717, 1.165) is 0 Å². The van der Waals surface area contributed by atoms with E-state index >= 15 is 0 Å². The second-order valence-corrected chi connectivity index (χ2v) is 11.5. The van der Waals surface area contributed by atoms with Gasteiger partial charge in [0.2, 0.25) is 11.8 Å². The summed E-state index contributed by atoms with van der Waals surface area (Å²) in [7, 11) is 0. The lowest BCUT2D eigenvalue weighted by Gasteiger charge is -2.43. The summed E-state index contributed by atoms with van der Waals surface area (Å²) >= 11 is 4.30. The van der Waals surface area contributed by atoms with Crippen molar-refractivity contribution in [2.75, 3.05) is 5.75 Å². The van der Waals surface area contributed by atoms with Crippen LogP contribution in [0.1, 0.15) is 79.5 Å². The molecule has 34 heavy (non-hydrogen) atoms. The molecule has 7 nitrogen and oxygen atoms in total. The van der Waals surface area contributed by atoms with Crippen LogP contribution in [0.15, 0.2) is 24.3 Å². The van der Waals surface area contributed by atoms with E-state index < -0.39 is 40.8 Å². The summed E-state index contributed by atoms with van der Waals surface area (Å²) in [6.45, 7) is 16.2. The smallest absolute Gasteiger partial charge is 0.408 e. The molecule has 0 aliphatic heterocycles. The molecule has 0 fully saturated rings. The summed E-state index contributed by atoms with van der Waals surface area (Å²) in [6.07, 6.45) is 5.00. The van der Waals surface area contributed by atoms with Crippen molar-refractivity contribution >= 4 is 30.5 Å². The van der Waals surface area contributed by atoms with Crippen molar-refractivity contribution in [3.8, 4) is 12.3 Å². The second-order valence-electron chi connectivity index (χ2n) is 11.1. The molecule has 2 N–H and O–H groups in total. The molecule has 0 spiro atoms. The Morgan fingerprint density at radius 3 is 2.06 bits per heavy atom. The molecule has 1 rings (SSSR count). The maximum absolute atomic E-state index is 13.9. The van der Waals surface area contributed by atoms with Gasteiger partial charge >= 0.3 is 6.09 Å². The number of hydrogen-bond acceptors (Lipinski definition) is 5. The summed E-state index contributed by atoms with van der Waals surface area (Å²) in [4.78, 5) is 41.4. The Balaban J connectivity index is 3.60. The van der Waals surface area contributed by atoms with Crippen molar-refractivity contribution in [2.24, 2.45) is 0 Å². The third kappa shape index (κ3) is 8.60. The molecular weight excluding hydrogens is 450 g/mol. The fraction of sp³-hybridized carbons (Fsp3) is 0.577. The van der Waals surface area contributed by atoms with E-state index in [2.05, 4.69) is 29.2 Å². The quantitative estimate of drug-likeness (QED) is 0.415. The molecule has 2 atom stereocenters. The molecule has 1 aromatic rings. The maximum atomic E-state index is 13.9. The Morgan fingerprint density at radius 2 is 1.62 bits per heavy atom. The standard InChI is InChI=1S/C26H39N3O4S/c1-11-17-14-12-13-15-18(17)20(21(30)28-24(2,3)4)29(25(5,6)7)22(31)19(16-34)27-23(32)33-26(8,9)10/h1,12-15,19-20,34H,16H2,2-10H3,(H,27,32)(H,28,30). The second kappa shape index (κ2) is 11.2. The molecule has 1 aromatic carbocycles. The van der Waals surface area contributed by atoms with Crippen molar-refractivity contribution in [3.63, 3.8) is 0 Å². The van der Waals surface area contributed by atoms with Crippen molar-refractivity contribution in [1.29, 1.82) is 0 Å². The van der Waals surface area contributed by atoms with Crippen LogP contribution in [0.4, 0.5) is 4.79 Å². The van der Waals surface area contributed by atoms with Gasteiger partial charge in [0.25, 0.3) is 0 Å². The Kier molecular flexibility index (Phi) is 9.66. The highest BCUT2D eigenvalue weighted by Gasteiger charge is 2.42. The van der Waals surface area contributed by atoms with E-state index in [9.17, 15) is 14.4 Å². The van der Waals surface area contributed by atoms with Gasteiger partial charge in [-0.2, -0.15) is 12.6 Å². The number of nitrogens with zero attached hydrogens (tertiary/aromatic N) is 1. The maximum Gasteiger partial charge on any atom is 0.408 e. The van der Waals surface area contributed by atoms with Crippen LogP contribution in [0.5, 0.6) is 0 Å². The van der Waals surface area contributed by atoms with Crippen LogP contribution >= 0.6 is 12.6 Å². The summed E-state index contributed by atoms with van der Waals surface area (Å²) in [5.41, 5.74) is -1.08. The number of carbonyl (C=O) groups is 3. The molecule has 0 heterocycles. The zero-order chi connectivity index (χ0) is 26.5. The molecule has 0 aliphatic rings. The minimum atomic E-state index is -1.04. The van der Waals surface area contributed by atoms with Crippen LogP contribution in [0.3, 0.4) is 0 Å². The van der Waals surface area contributed by atoms with Crippen LogP contribution in [-0.2, 0) is 14.3 Å². The molecule has 0 aromatic heterocycles. The third-order valence-corrected chi connectivity index (χ3v) is 4.91. The number of carbonyl (C=O) groups excluding carboxylic acids is 3. The molecule has 0 saturated heterocycles. The number of alkyl carbamates (subject to hydrolysis) is 1. The van der Waals surface area contributed by atoms with Crippen LogP contribution < -0.4 is 10.6 Å². The number of rotatable bonds is 6. The van der Waals surface area contributed by atoms with E-state index in [1.54, 1.807) is 45.0 Å². The number of amides is 3. The first-order valence-electron chi connectivity index (χ1n) is 11.2. The summed E-state index contributed by atoms with van der Waals surface area (Å²) in [5, 5.41) is 5.57. The molecule has 2 unspecified atom stereocenters. The number of thiol groups is 1. The van der Waals surface area contributed by atoms with Crippen LogP contribution in [0.2, 0.25) is 0 Å². The summed E-state index contributed by atoms with van der Waals surface area (Å²) < 4.78 is 5.32. The molecule has 0 saturated carbocycles. The van der Waals surface area contributed by atoms with Gasteiger partial charge in [0.05, 0.1) is 0 Å². The van der Waals surface area contributed by atoms with Gasteiger partial charge in [-0.15, -0.1) is 6.42 Å². The van der Waals surface area contributed by atoms with Crippen molar-refractivity contribution in [1.82, 2.24) is 15.5 Å². The van der Waals surface area contributed by atoms with Crippen molar-refractivity contribution < 1.29 is 19.1 Å². The zero-order valence-electron chi connectivity index (χ0n) is 21.8. The van der Waals surface area contributed by atoms with Crippen LogP contribution in [0, 0.1) is 12.3 Å². The summed E-state index contributed by atoms with van der Waals surface area (Å²) in [6, 6.07) is 4.95. The van der Waals surface area contributed by atoms with Crippen molar-refractivity contribution in [2.45, 2.75) is 91.1 Å². The largest absolute Gasteiger partial charge is 0.444 e. The van der Waals surface area contributed by atoms with E-state index in [4.69, 9.17) is 11.2 Å². The zero-order valence-corrected chi connectivity index (χ0v) is 22.7. The van der Waals surface area contributed by atoms with Gasteiger partial charge in [-0.3, -0.25) is 9.59 Å². The normalized spacial score (nSPS) is 13.8. The topological polar surface area (TPSA) is 87.7 Å². The number of benzene rings is 1. The highest BCUT2D eigenvalue weighted by molar-refractivity contribution is 7.80. The predicted octanol–water partition coefficient (Wildman–Crippen LogP) is 4.07. The molecule has 8 heteroatoms. The van der Waals surface area contributed by atoms with E-state index in [0.29, 0.717) is 11.1 Å². The average molecular weight is 490 g/mol. The Labute approximate surface area is 209 Å². The predicted molar refractivity (Wildman–Crippen MR) is 139 cm³/mol. The average Bonchev–Trinajstić information content (AvgIpc) is 2.65. The lowest BCUT2D eigenvalue weighted by atomic mass is 9.92. The molecule has 3 amide bonds. The summed E-state index contributed by atoms with van der Waals surface area (Å²) in [5.74, 6) is 1.77. The molecule has 188 valence electrons. The number of ether oxygens (including phenoxy) is 1. The van der Waals surface area contributed by atoms with E-state index in [-0.39, 0.29) is 11.7 Å². The van der Waals surface area contributed by atoms with Gasteiger partial charge in [-0.05, 0) is 73.9 Å². The minimum Gasteiger partial charge on any atom is -0.444 e. The SMILES string of the molecule is C#Cc1ccccc1C(C(=O)NC(C)(C)C)N(C(=O)C(CS)NC(=O)OC(C)(C)C)C(C)(C)C. The van der Waals surface area contributed by atoms with Gasteiger partial charge in [0, 0.05) is 22.4 Å². The van der Waals surface area contributed by atoms with Crippen LogP contribution in [-0.4, -0.2) is 51.3 Å². The van der Waals surface area contributed by atoms with Gasteiger partial charge in [-0.1, -0.05) is 24.1 Å².